The maximum absolute atomic E-state index is 5.44. The smallest absolute Gasteiger partial charge is 0.119 e. The van der Waals surface area contributed by atoms with Crippen molar-refractivity contribution in [3.05, 3.63) is 42.0 Å². The van der Waals surface area contributed by atoms with Gasteiger partial charge in [-0.05, 0) is 74.9 Å². The van der Waals surface area contributed by atoms with E-state index in [1.54, 1.807) is 0 Å². The monoisotopic (exact) mass is 376 g/mol. The molecule has 1 aliphatic carbocycles. The molecule has 0 unspecified atom stereocenters. The van der Waals surface area contributed by atoms with E-state index in [0.29, 0.717) is 12.5 Å². The second-order valence-electron chi connectivity index (χ2n) is 7.77. The zero-order valence-corrected chi connectivity index (χ0v) is 17.8. The van der Waals surface area contributed by atoms with Gasteiger partial charge in [0.25, 0.3) is 0 Å². The quantitative estimate of drug-likeness (QED) is 0.345. The first-order valence-electron chi connectivity index (χ1n) is 11.2. The lowest BCUT2D eigenvalue weighted by Gasteiger charge is -2.25. The fourth-order valence-corrected chi connectivity index (χ4v) is 3.81. The molecule has 0 saturated heterocycles. The summed E-state index contributed by atoms with van der Waals surface area (Å²) in [7, 11) is 0. The standard InChI is InChI=1S/C27H36O/c1-3-5-6-7-10-13-24-16-18-25(19-17-24)14-11-8-9-12-15-26-20-22-27(23-21-26)28-4-2/h8-9,20-25H,3-7,10,13,16-19H2,1-2H3/b9-8+/t24-,25-. The summed E-state index contributed by atoms with van der Waals surface area (Å²) in [5, 5.41) is 0. The maximum Gasteiger partial charge on any atom is 0.119 e. The van der Waals surface area contributed by atoms with Gasteiger partial charge in [0, 0.05) is 11.5 Å². The van der Waals surface area contributed by atoms with Crippen molar-refractivity contribution in [3.63, 3.8) is 0 Å². The highest BCUT2D eigenvalue weighted by atomic mass is 16.5. The van der Waals surface area contributed by atoms with E-state index < -0.39 is 0 Å². The molecule has 1 aromatic rings. The minimum atomic E-state index is 0.583. The number of allylic oxidation sites excluding steroid dienone is 2. The average molecular weight is 377 g/mol. The molecule has 28 heavy (non-hydrogen) atoms. The van der Waals surface area contributed by atoms with Crippen molar-refractivity contribution in [1.82, 2.24) is 0 Å². The number of benzene rings is 1. The van der Waals surface area contributed by atoms with Crippen molar-refractivity contribution in [2.24, 2.45) is 11.8 Å². The van der Waals surface area contributed by atoms with Gasteiger partial charge >= 0.3 is 0 Å². The van der Waals surface area contributed by atoms with E-state index in [9.17, 15) is 0 Å². The molecule has 0 N–H and O–H groups in total. The van der Waals surface area contributed by atoms with Gasteiger partial charge in [-0.1, -0.05) is 69.1 Å². The topological polar surface area (TPSA) is 9.23 Å². The molecule has 1 nitrogen and oxygen atoms in total. The van der Waals surface area contributed by atoms with Gasteiger partial charge in [-0.25, -0.2) is 0 Å². The molecule has 1 heteroatoms. The SMILES string of the molecule is CCCCCCC[C@H]1CC[C@H](C#C/C=C/C#Cc2ccc(OCC)cc2)CC1. The first-order valence-corrected chi connectivity index (χ1v) is 11.2. The Balaban J connectivity index is 1.64. The van der Waals surface area contributed by atoms with Crippen LogP contribution in [0.3, 0.4) is 0 Å². The van der Waals surface area contributed by atoms with Crippen molar-refractivity contribution in [2.45, 2.75) is 78.1 Å². The van der Waals surface area contributed by atoms with Gasteiger partial charge in [0.1, 0.15) is 5.75 Å². The van der Waals surface area contributed by atoms with Crippen molar-refractivity contribution in [2.75, 3.05) is 6.61 Å². The van der Waals surface area contributed by atoms with Crippen molar-refractivity contribution >= 4 is 0 Å². The van der Waals surface area contributed by atoms with E-state index in [2.05, 4.69) is 30.6 Å². The van der Waals surface area contributed by atoms with Crippen LogP contribution in [0.5, 0.6) is 5.75 Å². The summed E-state index contributed by atoms with van der Waals surface area (Å²) in [6, 6.07) is 7.89. The van der Waals surface area contributed by atoms with E-state index in [-0.39, 0.29) is 0 Å². The third-order valence-electron chi connectivity index (χ3n) is 5.48. The summed E-state index contributed by atoms with van der Waals surface area (Å²) < 4.78 is 5.44. The van der Waals surface area contributed by atoms with Gasteiger partial charge in [-0.15, -0.1) is 0 Å². The summed E-state index contributed by atoms with van der Waals surface area (Å²) >= 11 is 0. The zero-order chi connectivity index (χ0) is 19.9. The minimum Gasteiger partial charge on any atom is -0.494 e. The zero-order valence-electron chi connectivity index (χ0n) is 17.8. The Morgan fingerprint density at radius 3 is 2.32 bits per heavy atom. The van der Waals surface area contributed by atoms with Gasteiger partial charge in [-0.2, -0.15) is 0 Å². The van der Waals surface area contributed by atoms with Crippen molar-refractivity contribution in [1.29, 1.82) is 0 Å². The molecule has 1 saturated carbocycles. The lowest BCUT2D eigenvalue weighted by molar-refractivity contribution is 0.294. The Morgan fingerprint density at radius 2 is 1.61 bits per heavy atom. The van der Waals surface area contributed by atoms with E-state index in [1.165, 1.54) is 64.2 Å². The largest absolute Gasteiger partial charge is 0.494 e. The highest BCUT2D eigenvalue weighted by Crippen LogP contribution is 2.31. The van der Waals surface area contributed by atoms with Crippen LogP contribution < -0.4 is 4.74 Å². The number of unbranched alkanes of at least 4 members (excludes halogenated alkanes) is 4. The van der Waals surface area contributed by atoms with Gasteiger partial charge < -0.3 is 4.74 Å². The molecule has 0 aromatic heterocycles. The van der Waals surface area contributed by atoms with Crippen LogP contribution in [0.15, 0.2) is 36.4 Å². The highest BCUT2D eigenvalue weighted by Gasteiger charge is 2.19. The fraction of sp³-hybridized carbons (Fsp3) is 0.556. The Labute approximate surface area is 173 Å². The fourth-order valence-electron chi connectivity index (χ4n) is 3.81. The second-order valence-corrected chi connectivity index (χ2v) is 7.77. The van der Waals surface area contributed by atoms with Crippen LogP contribution in [0.4, 0.5) is 0 Å². The molecule has 0 aliphatic heterocycles. The predicted octanol–water partition coefficient (Wildman–Crippen LogP) is 7.16. The molecule has 1 aliphatic rings. The Morgan fingerprint density at radius 1 is 0.893 bits per heavy atom. The number of rotatable bonds is 8. The second kappa shape index (κ2) is 14.0. The lowest BCUT2D eigenvalue weighted by Crippen LogP contribution is -2.13. The summed E-state index contributed by atoms with van der Waals surface area (Å²) in [5.74, 6) is 15.2. The van der Waals surface area contributed by atoms with E-state index in [0.717, 1.165) is 17.2 Å². The highest BCUT2D eigenvalue weighted by molar-refractivity contribution is 5.40. The Hall–Kier alpha value is -2.12. The minimum absolute atomic E-state index is 0.583. The van der Waals surface area contributed by atoms with Crippen LogP contribution in [0.1, 0.15) is 83.6 Å². The van der Waals surface area contributed by atoms with Crippen LogP contribution in [0.2, 0.25) is 0 Å². The number of hydrogen-bond acceptors (Lipinski definition) is 1. The van der Waals surface area contributed by atoms with Gasteiger partial charge in [0.05, 0.1) is 6.61 Å². The molecule has 1 fully saturated rings. The van der Waals surface area contributed by atoms with Crippen LogP contribution in [0, 0.1) is 35.5 Å². The molecule has 150 valence electrons. The molecule has 0 bridgehead atoms. The molecule has 0 heterocycles. The van der Waals surface area contributed by atoms with Gasteiger partial charge in [0.2, 0.25) is 0 Å². The van der Waals surface area contributed by atoms with Crippen LogP contribution in [-0.2, 0) is 0 Å². The predicted molar refractivity (Wildman–Crippen MR) is 120 cm³/mol. The van der Waals surface area contributed by atoms with Crippen LogP contribution in [-0.4, -0.2) is 6.61 Å². The maximum atomic E-state index is 5.44. The lowest BCUT2D eigenvalue weighted by atomic mass is 9.80. The number of hydrogen-bond donors (Lipinski definition) is 0. The molecule has 0 atom stereocenters. The Bertz CT molecular complexity index is 682. The Kier molecular flexibility index (Phi) is 11.1. The van der Waals surface area contributed by atoms with Gasteiger partial charge in [0.15, 0.2) is 0 Å². The molecule has 1 aromatic carbocycles. The molecule has 2 rings (SSSR count). The summed E-state index contributed by atoms with van der Waals surface area (Å²) in [6.07, 6.45) is 17.5. The summed E-state index contributed by atoms with van der Waals surface area (Å²) in [4.78, 5) is 0. The molecule has 0 radical (unpaired) electrons. The van der Waals surface area contributed by atoms with E-state index >= 15 is 0 Å². The van der Waals surface area contributed by atoms with Crippen molar-refractivity contribution < 1.29 is 4.74 Å². The number of ether oxygens (including phenoxy) is 1. The third kappa shape index (κ3) is 9.19. The van der Waals surface area contributed by atoms with Crippen LogP contribution in [0.25, 0.3) is 0 Å². The normalized spacial score (nSPS) is 18.8. The molecular weight excluding hydrogens is 340 g/mol. The summed E-state index contributed by atoms with van der Waals surface area (Å²) in [6.45, 7) is 4.96. The molecule has 0 amide bonds. The molecular formula is C27H36O. The third-order valence-corrected chi connectivity index (χ3v) is 5.48. The molecule has 0 spiro atoms. The first-order chi connectivity index (χ1) is 13.8. The first kappa shape index (κ1) is 22.2. The van der Waals surface area contributed by atoms with Gasteiger partial charge in [-0.3, -0.25) is 0 Å². The summed E-state index contributed by atoms with van der Waals surface area (Å²) in [5.41, 5.74) is 0.995. The average Bonchev–Trinajstić information content (AvgIpc) is 2.73. The van der Waals surface area contributed by atoms with E-state index in [4.69, 9.17) is 4.74 Å². The van der Waals surface area contributed by atoms with Crippen molar-refractivity contribution in [3.8, 4) is 29.4 Å². The van der Waals surface area contributed by atoms with E-state index in [1.807, 2.05) is 43.3 Å². The van der Waals surface area contributed by atoms with Crippen LogP contribution >= 0.6 is 0 Å².